The maximum atomic E-state index is 9.16. The average Bonchev–Trinajstić information content (AvgIpc) is 2.55. The Bertz CT molecular complexity index is 694. The molecule has 0 bridgehead atoms. The van der Waals surface area contributed by atoms with Crippen LogP contribution >= 0.6 is 0 Å². The van der Waals surface area contributed by atoms with E-state index in [4.69, 9.17) is 16.2 Å². The molecule has 0 fully saturated rings. The van der Waals surface area contributed by atoms with E-state index in [1.54, 1.807) is 17.2 Å². The van der Waals surface area contributed by atoms with Crippen molar-refractivity contribution in [2.75, 3.05) is 10.6 Å². The van der Waals surface area contributed by atoms with Crippen LogP contribution in [0.1, 0.15) is 25.0 Å². The number of hydrogen-bond donors (Lipinski definition) is 3. The van der Waals surface area contributed by atoms with Crippen LogP contribution in [0.25, 0.3) is 0 Å². The fourth-order valence-corrected chi connectivity index (χ4v) is 2.13. The summed E-state index contributed by atoms with van der Waals surface area (Å²) < 4.78 is 0. The van der Waals surface area contributed by atoms with Crippen LogP contribution < -0.4 is 10.6 Å². The maximum Gasteiger partial charge on any atom is 0.144 e. The predicted octanol–water partition coefficient (Wildman–Crippen LogP) is 2.42. The first-order valence-corrected chi connectivity index (χ1v) is 7.35. The zero-order valence-corrected chi connectivity index (χ0v) is 13.3. The van der Waals surface area contributed by atoms with Crippen LogP contribution in [0.2, 0.25) is 0 Å². The monoisotopic (exact) mass is 311 g/mol. The molecule has 0 spiro atoms. The van der Waals surface area contributed by atoms with E-state index in [1.165, 1.54) is 6.34 Å². The van der Waals surface area contributed by atoms with Crippen molar-refractivity contribution >= 4 is 23.7 Å². The molecule has 0 saturated carbocycles. The highest BCUT2D eigenvalue weighted by atomic mass is 16.3. The minimum absolute atomic E-state index is 0.0205. The van der Waals surface area contributed by atoms with E-state index in [2.05, 4.69) is 9.98 Å². The molecule has 0 amide bonds. The number of benzene rings is 1. The Morgan fingerprint density at radius 1 is 1.35 bits per heavy atom. The number of aliphatic imine (C=N–C) groups is 1. The van der Waals surface area contributed by atoms with Crippen molar-refractivity contribution in [3.8, 4) is 0 Å². The molecule has 0 radical (unpaired) electrons. The molecule has 0 aliphatic carbocycles. The van der Waals surface area contributed by atoms with Crippen LogP contribution in [0.5, 0.6) is 0 Å². The summed E-state index contributed by atoms with van der Waals surface area (Å²) in [6.07, 6.45) is 2.82. The highest BCUT2D eigenvalue weighted by Crippen LogP contribution is 2.20. The van der Waals surface area contributed by atoms with Gasteiger partial charge in [-0.1, -0.05) is 12.1 Å². The zero-order valence-electron chi connectivity index (χ0n) is 13.3. The Morgan fingerprint density at radius 2 is 2.04 bits per heavy atom. The molecule has 23 heavy (non-hydrogen) atoms. The number of amidine groups is 1. The van der Waals surface area contributed by atoms with Crippen LogP contribution in [0.4, 0.5) is 11.5 Å². The van der Waals surface area contributed by atoms with E-state index in [9.17, 15) is 0 Å². The van der Waals surface area contributed by atoms with Crippen molar-refractivity contribution in [1.82, 2.24) is 4.98 Å². The van der Waals surface area contributed by atoms with Crippen LogP contribution in [-0.4, -0.2) is 28.3 Å². The van der Waals surface area contributed by atoms with E-state index in [-0.39, 0.29) is 12.6 Å². The first kappa shape index (κ1) is 16.6. The number of anilines is 2. The van der Waals surface area contributed by atoms with Gasteiger partial charge in [-0.3, -0.25) is 15.3 Å². The first-order valence-electron chi connectivity index (χ1n) is 7.35. The first-order chi connectivity index (χ1) is 11.1. The van der Waals surface area contributed by atoms with E-state index < -0.39 is 0 Å². The Morgan fingerprint density at radius 3 is 2.57 bits per heavy atom. The molecule has 2 rings (SSSR count). The fourth-order valence-electron chi connectivity index (χ4n) is 2.13. The second-order valence-corrected chi connectivity index (χ2v) is 5.31. The van der Waals surface area contributed by atoms with Crippen LogP contribution in [-0.2, 0) is 6.61 Å². The standard InChI is InChI=1S/C17H21N5O/c1-12(2)21-17(15-4-3-9-20-16(15)19)22(11-18)14-7-5-13(10-23)6-8-14/h3-9,11-12,18,23H,10H2,1-2H3,(H2,19,20)/b18-11?,21-17-. The second kappa shape index (κ2) is 7.51. The Kier molecular flexibility index (Phi) is 5.43. The zero-order chi connectivity index (χ0) is 16.8. The van der Waals surface area contributed by atoms with Gasteiger partial charge in [0.05, 0.1) is 18.5 Å². The summed E-state index contributed by atoms with van der Waals surface area (Å²) in [4.78, 5) is 10.4. The molecule has 6 heteroatoms. The summed E-state index contributed by atoms with van der Waals surface area (Å²) >= 11 is 0. The third kappa shape index (κ3) is 3.92. The molecule has 0 aliphatic heterocycles. The third-order valence-corrected chi connectivity index (χ3v) is 3.21. The van der Waals surface area contributed by atoms with Gasteiger partial charge >= 0.3 is 0 Å². The number of aliphatic hydroxyl groups excluding tert-OH is 1. The van der Waals surface area contributed by atoms with Crippen LogP contribution in [0.15, 0.2) is 47.6 Å². The van der Waals surface area contributed by atoms with Crippen molar-refractivity contribution in [3.05, 3.63) is 53.7 Å². The second-order valence-electron chi connectivity index (χ2n) is 5.31. The molecule has 2 aromatic rings. The summed E-state index contributed by atoms with van der Waals surface area (Å²) in [5.41, 5.74) is 8.23. The lowest BCUT2D eigenvalue weighted by Crippen LogP contribution is -2.32. The van der Waals surface area contributed by atoms with E-state index >= 15 is 0 Å². The van der Waals surface area contributed by atoms with Crippen molar-refractivity contribution in [3.63, 3.8) is 0 Å². The predicted molar refractivity (Wildman–Crippen MR) is 93.9 cm³/mol. The fraction of sp³-hybridized carbons (Fsp3) is 0.235. The summed E-state index contributed by atoms with van der Waals surface area (Å²) in [7, 11) is 0. The van der Waals surface area contributed by atoms with Crippen molar-refractivity contribution < 1.29 is 5.11 Å². The molecule has 1 heterocycles. The molecule has 0 unspecified atom stereocenters. The Balaban J connectivity index is 2.52. The summed E-state index contributed by atoms with van der Waals surface area (Å²) in [5.74, 6) is 0.933. The number of nitrogens with two attached hydrogens (primary N) is 1. The summed E-state index contributed by atoms with van der Waals surface area (Å²) in [6.45, 7) is 3.90. The van der Waals surface area contributed by atoms with Crippen LogP contribution in [0, 0.1) is 5.41 Å². The molecule has 120 valence electrons. The number of rotatable bonds is 5. The van der Waals surface area contributed by atoms with Gasteiger partial charge in [0, 0.05) is 17.9 Å². The minimum atomic E-state index is -0.0205. The van der Waals surface area contributed by atoms with Gasteiger partial charge in [0.2, 0.25) is 0 Å². The number of nitrogens with zero attached hydrogens (tertiary/aromatic N) is 3. The SMILES string of the molecule is CC(C)/N=C(/c1cccnc1N)N(C=N)c1ccc(CO)cc1. The lowest BCUT2D eigenvalue weighted by molar-refractivity contribution is 0.282. The normalized spacial score (nSPS) is 11.6. The number of hydrogen-bond acceptors (Lipinski definition) is 5. The van der Waals surface area contributed by atoms with E-state index in [0.717, 1.165) is 11.3 Å². The van der Waals surface area contributed by atoms with E-state index in [1.807, 2.05) is 44.2 Å². The van der Waals surface area contributed by atoms with Gasteiger partial charge in [-0.15, -0.1) is 0 Å². The van der Waals surface area contributed by atoms with Gasteiger partial charge in [-0.05, 0) is 43.7 Å². The molecule has 4 N–H and O–H groups in total. The molecular weight excluding hydrogens is 290 g/mol. The minimum Gasteiger partial charge on any atom is -0.392 e. The highest BCUT2D eigenvalue weighted by molar-refractivity contribution is 6.20. The van der Waals surface area contributed by atoms with Gasteiger partial charge in [-0.2, -0.15) is 0 Å². The van der Waals surface area contributed by atoms with Crippen molar-refractivity contribution in [2.45, 2.75) is 26.5 Å². The maximum absolute atomic E-state index is 9.16. The lowest BCUT2D eigenvalue weighted by Gasteiger charge is -2.23. The van der Waals surface area contributed by atoms with Gasteiger partial charge in [0.15, 0.2) is 0 Å². The number of aromatic nitrogens is 1. The smallest absolute Gasteiger partial charge is 0.144 e. The quantitative estimate of drug-likeness (QED) is 0.583. The van der Waals surface area contributed by atoms with Crippen molar-refractivity contribution in [2.24, 2.45) is 4.99 Å². The molecular formula is C17H21N5O. The molecule has 6 nitrogen and oxygen atoms in total. The van der Waals surface area contributed by atoms with Crippen molar-refractivity contribution in [1.29, 1.82) is 5.41 Å². The van der Waals surface area contributed by atoms with E-state index in [0.29, 0.717) is 17.2 Å². The number of pyridine rings is 1. The number of nitrogens with one attached hydrogen (secondary N) is 1. The lowest BCUT2D eigenvalue weighted by atomic mass is 10.1. The largest absolute Gasteiger partial charge is 0.392 e. The summed E-state index contributed by atoms with van der Waals surface area (Å²) in [5, 5.41) is 17.0. The molecule has 1 aromatic carbocycles. The third-order valence-electron chi connectivity index (χ3n) is 3.21. The topological polar surface area (TPSA) is 98.6 Å². The van der Waals surface area contributed by atoms with Gasteiger partial charge < -0.3 is 10.8 Å². The van der Waals surface area contributed by atoms with Gasteiger partial charge in [0.25, 0.3) is 0 Å². The average molecular weight is 311 g/mol. The molecule has 0 aliphatic rings. The number of aliphatic hydroxyl groups is 1. The molecule has 0 atom stereocenters. The molecule has 0 saturated heterocycles. The summed E-state index contributed by atoms with van der Waals surface area (Å²) in [6, 6.07) is 10.9. The Labute approximate surface area is 135 Å². The Hall–Kier alpha value is -2.73. The number of nitrogen functional groups attached to an aromatic ring is 1. The van der Waals surface area contributed by atoms with Gasteiger partial charge in [0.1, 0.15) is 11.7 Å². The van der Waals surface area contributed by atoms with Crippen LogP contribution in [0.3, 0.4) is 0 Å². The molecule has 1 aromatic heterocycles. The highest BCUT2D eigenvalue weighted by Gasteiger charge is 2.17. The van der Waals surface area contributed by atoms with Gasteiger partial charge in [-0.25, -0.2) is 4.98 Å².